The molecule has 1 saturated carbocycles. The molecule has 5 rings (SSSR count). The van der Waals surface area contributed by atoms with Gasteiger partial charge in [-0.15, -0.1) is 11.8 Å². The van der Waals surface area contributed by atoms with Crippen LogP contribution in [0.3, 0.4) is 0 Å². The second-order valence-electron chi connectivity index (χ2n) is 8.38. The highest BCUT2D eigenvalue weighted by molar-refractivity contribution is 8.03. The zero-order valence-electron chi connectivity index (χ0n) is 16.4. The fourth-order valence-electron chi connectivity index (χ4n) is 5.11. The molecule has 7 heteroatoms. The standard InChI is InChI=1S/C22H27N3O3S/c26-21(23-15-2-4-16(5-3-15)25-8-10-28-11-9-25)14-1-6-17-19(13-14)24-22(27)18-7-12-29-20(17)18/h2-5,7,12,14,17-20H,1,6,8-11,13H2,(H,23,26)(H,24,27). The van der Waals surface area contributed by atoms with Crippen molar-refractivity contribution in [3.63, 3.8) is 0 Å². The van der Waals surface area contributed by atoms with Crippen LogP contribution in [-0.2, 0) is 14.3 Å². The second kappa shape index (κ2) is 8.03. The highest BCUT2D eigenvalue weighted by Crippen LogP contribution is 2.45. The second-order valence-corrected chi connectivity index (χ2v) is 9.47. The van der Waals surface area contributed by atoms with Crippen molar-refractivity contribution in [2.24, 2.45) is 17.8 Å². The molecule has 154 valence electrons. The molecule has 2 amide bonds. The topological polar surface area (TPSA) is 70.7 Å². The van der Waals surface area contributed by atoms with E-state index in [9.17, 15) is 9.59 Å². The van der Waals surface area contributed by atoms with E-state index in [1.54, 1.807) is 11.8 Å². The highest BCUT2D eigenvalue weighted by Gasteiger charge is 2.47. The predicted octanol–water partition coefficient (Wildman–Crippen LogP) is 2.62. The van der Waals surface area contributed by atoms with Gasteiger partial charge in [0, 0.05) is 41.7 Å². The van der Waals surface area contributed by atoms with E-state index in [-0.39, 0.29) is 29.7 Å². The Morgan fingerprint density at radius 3 is 2.76 bits per heavy atom. The molecule has 3 fully saturated rings. The van der Waals surface area contributed by atoms with Gasteiger partial charge in [-0.3, -0.25) is 9.59 Å². The van der Waals surface area contributed by atoms with Crippen LogP contribution < -0.4 is 15.5 Å². The maximum absolute atomic E-state index is 12.9. The van der Waals surface area contributed by atoms with Crippen molar-refractivity contribution in [1.29, 1.82) is 0 Å². The normalized spacial score (nSPS) is 33.6. The molecule has 29 heavy (non-hydrogen) atoms. The summed E-state index contributed by atoms with van der Waals surface area (Å²) in [5.41, 5.74) is 1.99. The first-order valence-electron chi connectivity index (χ1n) is 10.6. The van der Waals surface area contributed by atoms with Crippen molar-refractivity contribution in [3.8, 4) is 0 Å². The van der Waals surface area contributed by atoms with Crippen molar-refractivity contribution in [2.75, 3.05) is 36.5 Å². The van der Waals surface area contributed by atoms with E-state index >= 15 is 0 Å². The van der Waals surface area contributed by atoms with E-state index in [1.165, 1.54) is 0 Å². The molecule has 0 radical (unpaired) electrons. The minimum Gasteiger partial charge on any atom is -0.378 e. The van der Waals surface area contributed by atoms with Crippen molar-refractivity contribution in [1.82, 2.24) is 5.32 Å². The molecule has 3 aliphatic heterocycles. The number of morpholine rings is 1. The predicted molar refractivity (Wildman–Crippen MR) is 115 cm³/mol. The first kappa shape index (κ1) is 19.0. The van der Waals surface area contributed by atoms with Gasteiger partial charge >= 0.3 is 0 Å². The largest absolute Gasteiger partial charge is 0.378 e. The maximum Gasteiger partial charge on any atom is 0.228 e. The molecule has 3 heterocycles. The molecule has 5 unspecified atom stereocenters. The number of carbonyl (C=O) groups excluding carboxylic acids is 2. The monoisotopic (exact) mass is 413 g/mol. The van der Waals surface area contributed by atoms with Gasteiger partial charge in [0.15, 0.2) is 0 Å². The lowest BCUT2D eigenvalue weighted by atomic mass is 9.71. The fourth-order valence-corrected chi connectivity index (χ4v) is 6.46. The Balaban J connectivity index is 1.19. The number of rotatable bonds is 3. The number of thioether (sulfide) groups is 1. The summed E-state index contributed by atoms with van der Waals surface area (Å²) in [5.74, 6) is 0.617. The van der Waals surface area contributed by atoms with Crippen LogP contribution in [0.2, 0.25) is 0 Å². The van der Waals surface area contributed by atoms with Crippen LogP contribution in [0.1, 0.15) is 19.3 Å². The van der Waals surface area contributed by atoms with Crippen molar-refractivity contribution in [3.05, 3.63) is 35.7 Å². The summed E-state index contributed by atoms with van der Waals surface area (Å²) >= 11 is 1.79. The molecular formula is C22H27N3O3S. The van der Waals surface area contributed by atoms with E-state index in [0.717, 1.165) is 56.9 Å². The molecule has 1 aromatic carbocycles. The molecule has 4 aliphatic rings. The van der Waals surface area contributed by atoms with E-state index in [4.69, 9.17) is 4.74 Å². The van der Waals surface area contributed by atoms with Gasteiger partial charge in [0.1, 0.15) is 0 Å². The number of fused-ring (bicyclic) bond motifs is 3. The van der Waals surface area contributed by atoms with Gasteiger partial charge in [0.25, 0.3) is 0 Å². The van der Waals surface area contributed by atoms with Gasteiger partial charge < -0.3 is 20.3 Å². The number of hydrogen-bond acceptors (Lipinski definition) is 5. The number of carbonyl (C=O) groups is 2. The smallest absolute Gasteiger partial charge is 0.228 e. The van der Waals surface area contributed by atoms with Crippen LogP contribution >= 0.6 is 11.8 Å². The van der Waals surface area contributed by atoms with Gasteiger partial charge in [0.05, 0.1) is 19.1 Å². The van der Waals surface area contributed by atoms with E-state index in [0.29, 0.717) is 11.2 Å². The summed E-state index contributed by atoms with van der Waals surface area (Å²) in [6.45, 7) is 3.32. The number of benzene rings is 1. The molecule has 1 aliphatic carbocycles. The molecule has 6 nitrogen and oxygen atoms in total. The molecule has 5 atom stereocenters. The minimum absolute atomic E-state index is 0.0107. The van der Waals surface area contributed by atoms with E-state index in [1.807, 2.05) is 18.2 Å². The molecule has 0 bridgehead atoms. The molecule has 2 saturated heterocycles. The van der Waals surface area contributed by atoms with Crippen LogP contribution in [0, 0.1) is 17.8 Å². The zero-order chi connectivity index (χ0) is 19.8. The third-order valence-corrected chi connectivity index (χ3v) is 7.98. The fraction of sp³-hybridized carbons (Fsp3) is 0.545. The Morgan fingerprint density at radius 2 is 1.97 bits per heavy atom. The Hall–Kier alpha value is -1.99. The van der Waals surface area contributed by atoms with Crippen molar-refractivity contribution < 1.29 is 14.3 Å². The van der Waals surface area contributed by atoms with Gasteiger partial charge in [-0.25, -0.2) is 0 Å². The van der Waals surface area contributed by atoms with E-state index in [2.05, 4.69) is 33.1 Å². The lowest BCUT2D eigenvalue weighted by molar-refractivity contribution is -0.130. The molecule has 0 spiro atoms. The Morgan fingerprint density at radius 1 is 1.17 bits per heavy atom. The van der Waals surface area contributed by atoms with Crippen LogP contribution in [0.4, 0.5) is 11.4 Å². The summed E-state index contributed by atoms with van der Waals surface area (Å²) in [6.07, 6.45) is 4.64. The van der Waals surface area contributed by atoms with Crippen molar-refractivity contribution in [2.45, 2.75) is 30.6 Å². The summed E-state index contributed by atoms with van der Waals surface area (Å²) < 4.78 is 5.40. The minimum atomic E-state index is -0.0496. The van der Waals surface area contributed by atoms with Gasteiger partial charge in [-0.05, 0) is 54.9 Å². The van der Waals surface area contributed by atoms with Crippen LogP contribution in [-0.4, -0.2) is 49.4 Å². The molecule has 1 aromatic rings. The number of piperidine rings is 1. The molecule has 0 aromatic heterocycles. The van der Waals surface area contributed by atoms with Crippen LogP contribution in [0.25, 0.3) is 0 Å². The number of anilines is 2. The Labute approximate surface area is 175 Å². The first-order valence-corrected chi connectivity index (χ1v) is 11.5. The first-order chi connectivity index (χ1) is 14.2. The van der Waals surface area contributed by atoms with Crippen molar-refractivity contribution >= 4 is 35.0 Å². The third-order valence-electron chi connectivity index (χ3n) is 6.71. The Bertz CT molecular complexity index is 806. The average Bonchev–Trinajstić information content (AvgIpc) is 3.25. The summed E-state index contributed by atoms with van der Waals surface area (Å²) in [7, 11) is 0. The molecule has 2 N–H and O–H groups in total. The summed E-state index contributed by atoms with van der Waals surface area (Å²) in [4.78, 5) is 27.5. The summed E-state index contributed by atoms with van der Waals surface area (Å²) in [5, 5.41) is 8.68. The van der Waals surface area contributed by atoms with Crippen LogP contribution in [0.15, 0.2) is 35.7 Å². The lowest BCUT2D eigenvalue weighted by Crippen LogP contribution is -2.57. The van der Waals surface area contributed by atoms with Gasteiger partial charge in [-0.1, -0.05) is 6.08 Å². The SMILES string of the molecule is O=C(Nc1ccc(N2CCOCC2)cc1)C1CCC2C(C1)NC(=O)C1C=CSC12. The lowest BCUT2D eigenvalue weighted by Gasteiger charge is -2.44. The van der Waals surface area contributed by atoms with Gasteiger partial charge in [0.2, 0.25) is 11.8 Å². The number of ether oxygens (including phenoxy) is 1. The Kier molecular flexibility index (Phi) is 5.26. The zero-order valence-corrected chi connectivity index (χ0v) is 17.2. The highest BCUT2D eigenvalue weighted by atomic mass is 32.2. The quantitative estimate of drug-likeness (QED) is 0.797. The van der Waals surface area contributed by atoms with Crippen LogP contribution in [0.5, 0.6) is 0 Å². The number of nitrogens with one attached hydrogen (secondary N) is 2. The number of amides is 2. The number of nitrogens with zero attached hydrogens (tertiary/aromatic N) is 1. The average molecular weight is 414 g/mol. The molecular weight excluding hydrogens is 386 g/mol. The van der Waals surface area contributed by atoms with E-state index < -0.39 is 0 Å². The maximum atomic E-state index is 12.9. The third kappa shape index (κ3) is 3.78. The van der Waals surface area contributed by atoms with Gasteiger partial charge in [-0.2, -0.15) is 0 Å². The number of hydrogen-bond donors (Lipinski definition) is 2. The summed E-state index contributed by atoms with van der Waals surface area (Å²) in [6, 6.07) is 8.18.